The minimum Gasteiger partial charge on any atom is -0.369 e. The molecule has 1 fully saturated rings. The molecule has 0 aromatic heterocycles. The molecule has 0 saturated carbocycles. The van der Waals surface area contributed by atoms with E-state index in [2.05, 4.69) is 34.7 Å². The Balaban J connectivity index is 2.11. The summed E-state index contributed by atoms with van der Waals surface area (Å²) in [4.78, 5) is 2.26. The third-order valence-electron chi connectivity index (χ3n) is 3.15. The molecule has 1 aromatic rings. The van der Waals surface area contributed by atoms with Crippen LogP contribution in [0, 0.1) is 5.82 Å². The lowest BCUT2D eigenvalue weighted by molar-refractivity contribution is -0.128. The molecule has 0 spiro atoms. The number of alkyl halides is 1. The second-order valence-electron chi connectivity index (χ2n) is 5.54. The molecule has 1 aromatic carbocycles. The summed E-state index contributed by atoms with van der Waals surface area (Å²) in [7, 11) is 0. The normalized spacial score (nSPS) is 23.5. The molecule has 0 radical (unpaired) electrons. The average Bonchev–Trinajstić information content (AvgIpc) is 2.33. The maximum atomic E-state index is 13.4. The van der Waals surface area contributed by atoms with Crippen LogP contribution in [0.15, 0.2) is 18.2 Å². The first kappa shape index (κ1) is 15.2. The van der Waals surface area contributed by atoms with Crippen LogP contribution in [0.2, 0.25) is 5.02 Å². The van der Waals surface area contributed by atoms with E-state index < -0.39 is 0 Å². The second-order valence-corrected chi connectivity index (χ2v) is 6.56. The molecule has 2 rings (SSSR count). The van der Waals surface area contributed by atoms with Crippen LogP contribution in [0.3, 0.4) is 0 Å². The number of rotatable bonds is 3. The van der Waals surface area contributed by atoms with Crippen molar-refractivity contribution in [3.63, 3.8) is 0 Å². The number of morpholine rings is 1. The van der Waals surface area contributed by atoms with E-state index in [4.69, 9.17) is 16.3 Å². The van der Waals surface area contributed by atoms with Gasteiger partial charge in [0.1, 0.15) is 5.82 Å². The third kappa shape index (κ3) is 3.91. The zero-order chi connectivity index (χ0) is 14.0. The highest BCUT2D eigenvalue weighted by Gasteiger charge is 2.33. The van der Waals surface area contributed by atoms with Crippen molar-refractivity contribution in [2.45, 2.75) is 32.1 Å². The highest BCUT2D eigenvalue weighted by atomic mass is 79.9. The van der Waals surface area contributed by atoms with Gasteiger partial charge in [-0.15, -0.1) is 0 Å². The molecule has 106 valence electrons. The topological polar surface area (TPSA) is 12.5 Å². The molecule has 1 heterocycles. The van der Waals surface area contributed by atoms with E-state index in [9.17, 15) is 4.39 Å². The van der Waals surface area contributed by atoms with Gasteiger partial charge >= 0.3 is 0 Å². The van der Waals surface area contributed by atoms with Gasteiger partial charge in [0, 0.05) is 25.0 Å². The molecule has 2 nitrogen and oxygen atoms in total. The molecule has 0 bridgehead atoms. The third-order valence-corrected chi connectivity index (χ3v) is 4.29. The van der Waals surface area contributed by atoms with Gasteiger partial charge in [-0.1, -0.05) is 39.7 Å². The maximum Gasteiger partial charge on any atom is 0.142 e. The Labute approximate surface area is 127 Å². The Morgan fingerprint density at radius 2 is 2.26 bits per heavy atom. The molecule has 1 aliphatic heterocycles. The Kier molecular flexibility index (Phi) is 4.88. The SMILES string of the molecule is CC1(C)CN(Cc2cccc(F)c2Cl)CC(CBr)O1. The number of hydrogen-bond acceptors (Lipinski definition) is 2. The summed E-state index contributed by atoms with van der Waals surface area (Å²) >= 11 is 9.48. The highest BCUT2D eigenvalue weighted by Crippen LogP contribution is 2.26. The summed E-state index contributed by atoms with van der Waals surface area (Å²) in [6, 6.07) is 4.96. The average molecular weight is 351 g/mol. The first-order valence-electron chi connectivity index (χ1n) is 6.30. The summed E-state index contributed by atoms with van der Waals surface area (Å²) in [6.07, 6.45) is 0.149. The molecule has 0 amide bonds. The lowest BCUT2D eigenvalue weighted by Crippen LogP contribution is -2.52. The van der Waals surface area contributed by atoms with Gasteiger partial charge in [0.2, 0.25) is 0 Å². The molecule has 0 N–H and O–H groups in total. The second kappa shape index (κ2) is 6.08. The van der Waals surface area contributed by atoms with Crippen LogP contribution in [0.25, 0.3) is 0 Å². The van der Waals surface area contributed by atoms with Gasteiger partial charge in [-0.2, -0.15) is 0 Å². The van der Waals surface area contributed by atoms with Gasteiger partial charge in [0.15, 0.2) is 0 Å². The summed E-state index contributed by atoms with van der Waals surface area (Å²) in [6.45, 7) is 6.42. The van der Waals surface area contributed by atoms with Crippen molar-refractivity contribution in [1.29, 1.82) is 0 Å². The smallest absolute Gasteiger partial charge is 0.142 e. The van der Waals surface area contributed by atoms with Crippen molar-refractivity contribution in [2.24, 2.45) is 0 Å². The predicted octanol–water partition coefficient (Wildman–Crippen LogP) is 3.85. The van der Waals surface area contributed by atoms with Gasteiger partial charge in [-0.3, -0.25) is 4.90 Å². The Morgan fingerprint density at radius 1 is 1.53 bits per heavy atom. The Morgan fingerprint density at radius 3 is 2.95 bits per heavy atom. The van der Waals surface area contributed by atoms with E-state index >= 15 is 0 Å². The Hall–Kier alpha value is -0.160. The fraction of sp³-hybridized carbons (Fsp3) is 0.571. The minimum absolute atomic E-state index is 0.149. The van der Waals surface area contributed by atoms with E-state index in [1.807, 2.05) is 6.07 Å². The van der Waals surface area contributed by atoms with Crippen LogP contribution in [0.1, 0.15) is 19.4 Å². The van der Waals surface area contributed by atoms with E-state index in [0.717, 1.165) is 24.0 Å². The van der Waals surface area contributed by atoms with Crippen LogP contribution in [0.5, 0.6) is 0 Å². The fourth-order valence-corrected chi connectivity index (χ4v) is 3.05. The summed E-state index contributed by atoms with van der Waals surface area (Å²) < 4.78 is 19.4. The largest absolute Gasteiger partial charge is 0.369 e. The molecule has 19 heavy (non-hydrogen) atoms. The van der Waals surface area contributed by atoms with Crippen molar-refractivity contribution < 1.29 is 9.13 Å². The van der Waals surface area contributed by atoms with Crippen LogP contribution in [0.4, 0.5) is 4.39 Å². The van der Waals surface area contributed by atoms with Gasteiger partial charge in [-0.25, -0.2) is 4.39 Å². The Bertz CT molecular complexity index is 455. The molecule has 1 atom stereocenters. The highest BCUT2D eigenvalue weighted by molar-refractivity contribution is 9.09. The number of halogens is 3. The van der Waals surface area contributed by atoms with Gasteiger partial charge in [0.25, 0.3) is 0 Å². The summed E-state index contributed by atoms with van der Waals surface area (Å²) in [5, 5.41) is 1.02. The molecular formula is C14H18BrClFNO. The molecule has 0 aliphatic carbocycles. The predicted molar refractivity (Wildman–Crippen MR) is 79.4 cm³/mol. The van der Waals surface area contributed by atoms with E-state index in [0.29, 0.717) is 6.54 Å². The molecule has 1 aliphatic rings. The standard InChI is InChI=1S/C14H18BrClFNO/c1-14(2)9-18(8-11(6-15)19-14)7-10-4-3-5-12(17)13(10)16/h3-5,11H,6-9H2,1-2H3. The van der Waals surface area contributed by atoms with Crippen molar-refractivity contribution in [1.82, 2.24) is 4.90 Å². The lowest BCUT2D eigenvalue weighted by atomic mass is 10.0. The first-order valence-corrected chi connectivity index (χ1v) is 7.80. The van der Waals surface area contributed by atoms with Crippen molar-refractivity contribution in [3.8, 4) is 0 Å². The summed E-state index contributed by atoms with van der Waals surface area (Å²) in [5.74, 6) is -0.358. The lowest BCUT2D eigenvalue weighted by Gasteiger charge is -2.42. The van der Waals surface area contributed by atoms with Crippen LogP contribution >= 0.6 is 27.5 Å². The van der Waals surface area contributed by atoms with Crippen molar-refractivity contribution in [3.05, 3.63) is 34.6 Å². The number of ether oxygens (including phenoxy) is 1. The van der Waals surface area contributed by atoms with Crippen LogP contribution in [-0.2, 0) is 11.3 Å². The minimum atomic E-state index is -0.358. The quantitative estimate of drug-likeness (QED) is 0.768. The van der Waals surface area contributed by atoms with Crippen molar-refractivity contribution >= 4 is 27.5 Å². The van der Waals surface area contributed by atoms with Crippen LogP contribution < -0.4 is 0 Å². The number of benzene rings is 1. The number of nitrogens with zero attached hydrogens (tertiary/aromatic N) is 1. The van der Waals surface area contributed by atoms with E-state index in [-0.39, 0.29) is 22.5 Å². The molecule has 1 saturated heterocycles. The number of hydrogen-bond donors (Lipinski definition) is 0. The summed E-state index contributed by atoms with van der Waals surface area (Å²) in [5.41, 5.74) is 0.629. The zero-order valence-corrected chi connectivity index (χ0v) is 13.5. The maximum absolute atomic E-state index is 13.4. The van der Waals surface area contributed by atoms with E-state index in [1.54, 1.807) is 6.07 Å². The van der Waals surface area contributed by atoms with Gasteiger partial charge in [0.05, 0.1) is 16.7 Å². The van der Waals surface area contributed by atoms with E-state index in [1.165, 1.54) is 6.07 Å². The monoisotopic (exact) mass is 349 g/mol. The first-order chi connectivity index (χ1) is 8.91. The zero-order valence-electron chi connectivity index (χ0n) is 11.1. The molecular weight excluding hydrogens is 333 g/mol. The van der Waals surface area contributed by atoms with Gasteiger partial charge < -0.3 is 4.74 Å². The van der Waals surface area contributed by atoms with Crippen LogP contribution in [-0.4, -0.2) is 35.0 Å². The van der Waals surface area contributed by atoms with Crippen molar-refractivity contribution in [2.75, 3.05) is 18.4 Å². The molecule has 1 unspecified atom stereocenters. The fourth-order valence-electron chi connectivity index (χ4n) is 2.53. The van der Waals surface area contributed by atoms with Gasteiger partial charge in [-0.05, 0) is 25.5 Å². The molecule has 5 heteroatoms.